The summed E-state index contributed by atoms with van der Waals surface area (Å²) in [6.07, 6.45) is 3.04. The molecular formula is C13H15BrN4O2. The van der Waals surface area contributed by atoms with E-state index in [4.69, 9.17) is 4.74 Å². The van der Waals surface area contributed by atoms with Crippen molar-refractivity contribution in [2.75, 3.05) is 6.61 Å². The zero-order valence-corrected chi connectivity index (χ0v) is 12.9. The van der Waals surface area contributed by atoms with Crippen LogP contribution in [0.1, 0.15) is 18.0 Å². The third-order valence-corrected chi connectivity index (χ3v) is 4.05. The van der Waals surface area contributed by atoms with Crippen molar-refractivity contribution < 1.29 is 4.74 Å². The molecule has 2 atom stereocenters. The summed E-state index contributed by atoms with van der Waals surface area (Å²) in [6.45, 7) is 0.596. The Morgan fingerprint density at radius 1 is 1.45 bits per heavy atom. The van der Waals surface area contributed by atoms with Crippen LogP contribution in [0.3, 0.4) is 0 Å². The Kier molecular flexibility index (Phi) is 3.37. The van der Waals surface area contributed by atoms with Crippen molar-refractivity contribution in [3.05, 3.63) is 38.9 Å². The zero-order chi connectivity index (χ0) is 14.3. The lowest BCUT2D eigenvalue weighted by molar-refractivity contribution is 0.277. The maximum absolute atomic E-state index is 11.5. The molecule has 0 N–H and O–H groups in total. The molecule has 0 radical (unpaired) electrons. The van der Waals surface area contributed by atoms with E-state index in [9.17, 15) is 4.79 Å². The summed E-state index contributed by atoms with van der Waals surface area (Å²) in [4.78, 5) is 11.5. The second-order valence-corrected chi connectivity index (χ2v) is 5.94. The average Bonchev–Trinajstić information content (AvgIpc) is 3.06. The highest BCUT2D eigenvalue weighted by atomic mass is 79.9. The monoisotopic (exact) mass is 338 g/mol. The SMILES string of the molecule is Cn1ccc([C@H]2C[C@@H]2COc2cc(Br)c(=O)n(C)n2)n1. The van der Waals surface area contributed by atoms with E-state index in [2.05, 4.69) is 26.1 Å². The zero-order valence-electron chi connectivity index (χ0n) is 11.3. The minimum absolute atomic E-state index is 0.171. The van der Waals surface area contributed by atoms with Gasteiger partial charge in [0, 0.05) is 38.2 Å². The molecule has 20 heavy (non-hydrogen) atoms. The smallest absolute Gasteiger partial charge is 0.281 e. The number of aryl methyl sites for hydroxylation is 2. The first-order valence-electron chi connectivity index (χ1n) is 6.41. The molecule has 1 fully saturated rings. The van der Waals surface area contributed by atoms with Crippen molar-refractivity contribution in [3.8, 4) is 5.88 Å². The number of hydrogen-bond acceptors (Lipinski definition) is 4. The Bertz CT molecular complexity index is 668. The minimum Gasteiger partial charge on any atom is -0.476 e. The number of hydrogen-bond donors (Lipinski definition) is 0. The van der Waals surface area contributed by atoms with Crippen LogP contribution in [-0.4, -0.2) is 26.2 Å². The van der Waals surface area contributed by atoms with E-state index in [1.807, 2.05) is 24.0 Å². The van der Waals surface area contributed by atoms with Crippen molar-refractivity contribution in [2.45, 2.75) is 12.3 Å². The van der Waals surface area contributed by atoms with Gasteiger partial charge in [-0.25, -0.2) is 4.68 Å². The highest BCUT2D eigenvalue weighted by Gasteiger charge is 2.40. The van der Waals surface area contributed by atoms with Crippen molar-refractivity contribution in [2.24, 2.45) is 20.0 Å². The van der Waals surface area contributed by atoms with E-state index < -0.39 is 0 Å². The van der Waals surface area contributed by atoms with Gasteiger partial charge < -0.3 is 4.74 Å². The molecule has 7 heteroatoms. The lowest BCUT2D eigenvalue weighted by atomic mass is 10.2. The van der Waals surface area contributed by atoms with Gasteiger partial charge in [0.05, 0.1) is 16.8 Å². The molecule has 2 aromatic rings. The summed E-state index contributed by atoms with van der Waals surface area (Å²) in [7, 11) is 3.52. The molecule has 3 rings (SSSR count). The van der Waals surface area contributed by atoms with E-state index in [-0.39, 0.29) is 5.56 Å². The van der Waals surface area contributed by atoms with Gasteiger partial charge in [0.25, 0.3) is 5.56 Å². The average molecular weight is 339 g/mol. The number of aromatic nitrogens is 4. The Hall–Kier alpha value is -1.63. The van der Waals surface area contributed by atoms with Crippen molar-refractivity contribution in [1.29, 1.82) is 0 Å². The maximum atomic E-state index is 11.5. The Labute approximate surface area is 124 Å². The molecule has 1 aliphatic rings. The number of ether oxygens (including phenoxy) is 1. The molecular weight excluding hydrogens is 324 g/mol. The Morgan fingerprint density at radius 3 is 2.90 bits per heavy atom. The molecule has 2 heterocycles. The van der Waals surface area contributed by atoms with Gasteiger partial charge in [0.15, 0.2) is 0 Å². The summed E-state index contributed by atoms with van der Waals surface area (Å²) in [5.74, 6) is 1.42. The molecule has 1 saturated carbocycles. The molecule has 1 aliphatic carbocycles. The molecule has 0 aliphatic heterocycles. The van der Waals surface area contributed by atoms with Crippen LogP contribution >= 0.6 is 15.9 Å². The fourth-order valence-corrected chi connectivity index (χ4v) is 2.69. The van der Waals surface area contributed by atoms with E-state index >= 15 is 0 Å². The topological polar surface area (TPSA) is 61.9 Å². The standard InChI is InChI=1S/C13H15BrN4O2/c1-17-4-3-11(15-17)9-5-8(9)7-20-12-6-10(14)13(19)18(2)16-12/h3-4,6,8-9H,5,7H2,1-2H3/t8-,9+/m1/s1. The van der Waals surface area contributed by atoms with Gasteiger partial charge in [-0.05, 0) is 28.4 Å². The van der Waals surface area contributed by atoms with E-state index in [0.29, 0.717) is 28.8 Å². The predicted octanol–water partition coefficient (Wildman–Crippen LogP) is 1.46. The van der Waals surface area contributed by atoms with Gasteiger partial charge >= 0.3 is 0 Å². The summed E-state index contributed by atoms with van der Waals surface area (Å²) in [5.41, 5.74) is 0.950. The molecule has 0 saturated heterocycles. The van der Waals surface area contributed by atoms with Crippen molar-refractivity contribution in [3.63, 3.8) is 0 Å². The van der Waals surface area contributed by atoms with E-state index in [0.717, 1.165) is 12.1 Å². The molecule has 0 amide bonds. The predicted molar refractivity (Wildman–Crippen MR) is 76.7 cm³/mol. The van der Waals surface area contributed by atoms with Crippen LogP contribution in [0.2, 0.25) is 0 Å². The molecule has 6 nitrogen and oxygen atoms in total. The quantitative estimate of drug-likeness (QED) is 0.846. The highest BCUT2D eigenvalue weighted by Crippen LogP contribution is 2.46. The van der Waals surface area contributed by atoms with Crippen LogP contribution in [0.4, 0.5) is 0 Å². The first-order chi connectivity index (χ1) is 9.54. The summed E-state index contributed by atoms with van der Waals surface area (Å²) >= 11 is 3.20. The van der Waals surface area contributed by atoms with Gasteiger partial charge in [-0.3, -0.25) is 9.48 Å². The lowest BCUT2D eigenvalue weighted by Crippen LogP contribution is -2.20. The van der Waals surface area contributed by atoms with Crippen LogP contribution in [-0.2, 0) is 14.1 Å². The summed E-state index contributed by atoms with van der Waals surface area (Å²) < 4.78 is 9.21. The fourth-order valence-electron chi connectivity index (χ4n) is 2.23. The highest BCUT2D eigenvalue weighted by molar-refractivity contribution is 9.10. The first-order valence-corrected chi connectivity index (χ1v) is 7.20. The Balaban J connectivity index is 1.60. The second kappa shape index (κ2) is 5.05. The first kappa shape index (κ1) is 13.4. The Morgan fingerprint density at radius 2 is 2.25 bits per heavy atom. The molecule has 0 aromatic carbocycles. The summed E-state index contributed by atoms with van der Waals surface area (Å²) in [5, 5.41) is 8.48. The third-order valence-electron chi connectivity index (χ3n) is 3.48. The fraction of sp³-hybridized carbons (Fsp3) is 0.462. The van der Waals surface area contributed by atoms with Crippen LogP contribution in [0, 0.1) is 5.92 Å². The normalized spacial score (nSPS) is 20.9. The van der Waals surface area contributed by atoms with Crippen molar-refractivity contribution in [1.82, 2.24) is 19.6 Å². The van der Waals surface area contributed by atoms with Crippen LogP contribution in [0.25, 0.3) is 0 Å². The van der Waals surface area contributed by atoms with Gasteiger partial charge in [-0.1, -0.05) is 0 Å². The van der Waals surface area contributed by atoms with Gasteiger partial charge in [0.2, 0.25) is 5.88 Å². The van der Waals surface area contributed by atoms with Crippen molar-refractivity contribution >= 4 is 15.9 Å². The van der Waals surface area contributed by atoms with Crippen LogP contribution < -0.4 is 10.3 Å². The third kappa shape index (κ3) is 2.63. The van der Waals surface area contributed by atoms with Gasteiger partial charge in [-0.15, -0.1) is 5.10 Å². The summed E-state index contributed by atoms with van der Waals surface area (Å²) in [6, 6.07) is 3.66. The number of halogens is 1. The molecule has 2 aromatic heterocycles. The minimum atomic E-state index is -0.171. The largest absolute Gasteiger partial charge is 0.476 e. The van der Waals surface area contributed by atoms with E-state index in [1.165, 1.54) is 4.68 Å². The van der Waals surface area contributed by atoms with Gasteiger partial charge in [-0.2, -0.15) is 5.10 Å². The molecule has 106 valence electrons. The van der Waals surface area contributed by atoms with Crippen LogP contribution in [0.15, 0.2) is 27.6 Å². The number of nitrogens with zero attached hydrogens (tertiary/aromatic N) is 4. The van der Waals surface area contributed by atoms with Crippen LogP contribution in [0.5, 0.6) is 5.88 Å². The molecule has 0 spiro atoms. The second-order valence-electron chi connectivity index (χ2n) is 5.09. The molecule has 0 unspecified atom stereocenters. The maximum Gasteiger partial charge on any atom is 0.281 e. The van der Waals surface area contributed by atoms with E-state index in [1.54, 1.807) is 13.1 Å². The number of rotatable bonds is 4. The lowest BCUT2D eigenvalue weighted by Gasteiger charge is -2.06. The molecule has 0 bridgehead atoms. The van der Waals surface area contributed by atoms with Gasteiger partial charge in [0.1, 0.15) is 0 Å².